The average Bonchev–Trinajstić information content (AvgIpc) is 2.44. The summed E-state index contributed by atoms with van der Waals surface area (Å²) >= 11 is 18.3. The minimum absolute atomic E-state index is 0.310. The molecular weight excluding hydrogens is 319 g/mol. The first-order chi connectivity index (χ1) is 9.57. The Labute approximate surface area is 135 Å². The van der Waals surface area contributed by atoms with E-state index >= 15 is 0 Å². The maximum Gasteiger partial charge on any atom is 0.209 e. The van der Waals surface area contributed by atoms with Crippen molar-refractivity contribution in [3.05, 3.63) is 35.9 Å². The fourth-order valence-electron chi connectivity index (χ4n) is 2.26. The van der Waals surface area contributed by atoms with Crippen molar-refractivity contribution in [2.75, 3.05) is 39.4 Å². The number of hydrogen-bond donors (Lipinski definition) is 1. The summed E-state index contributed by atoms with van der Waals surface area (Å²) in [6.07, 6.45) is 0. The average molecular weight is 338 g/mol. The van der Waals surface area contributed by atoms with E-state index in [9.17, 15) is 0 Å². The van der Waals surface area contributed by atoms with Crippen molar-refractivity contribution in [1.29, 1.82) is 0 Å². The Bertz CT molecular complexity index is 391. The quantitative estimate of drug-likeness (QED) is 0.836. The van der Waals surface area contributed by atoms with Crippen LogP contribution in [0.4, 0.5) is 0 Å². The van der Waals surface area contributed by atoms with Gasteiger partial charge in [-0.3, -0.25) is 4.90 Å². The van der Waals surface area contributed by atoms with E-state index in [0.717, 1.165) is 45.0 Å². The molecular formula is C14H19Cl3N2O. The molecule has 3 nitrogen and oxygen atoms in total. The fourth-order valence-corrected chi connectivity index (χ4v) is 2.87. The standard InChI is InChI=1S/C14H19Cl3N2O/c15-14(16,17)13(12-4-2-1-3-5-12)18-6-7-19-8-10-20-11-9-19/h1-5,13,18H,6-11H2. The van der Waals surface area contributed by atoms with Crippen LogP contribution in [0, 0.1) is 0 Å². The third-order valence-corrected chi connectivity index (χ3v) is 4.00. The monoisotopic (exact) mass is 336 g/mol. The molecule has 112 valence electrons. The lowest BCUT2D eigenvalue weighted by molar-refractivity contribution is 0.0381. The maximum absolute atomic E-state index is 6.09. The summed E-state index contributed by atoms with van der Waals surface area (Å²) in [4.78, 5) is 2.34. The molecule has 0 bridgehead atoms. The third-order valence-electron chi connectivity index (χ3n) is 3.34. The molecule has 0 aliphatic carbocycles. The van der Waals surface area contributed by atoms with Gasteiger partial charge in [0.15, 0.2) is 0 Å². The highest BCUT2D eigenvalue weighted by atomic mass is 35.6. The van der Waals surface area contributed by atoms with Crippen molar-refractivity contribution in [3.8, 4) is 0 Å². The summed E-state index contributed by atoms with van der Waals surface area (Å²) in [6.45, 7) is 5.22. The highest BCUT2D eigenvalue weighted by Crippen LogP contribution is 2.39. The zero-order valence-electron chi connectivity index (χ0n) is 11.2. The normalized spacial score (nSPS) is 18.9. The predicted molar refractivity (Wildman–Crippen MR) is 84.7 cm³/mol. The lowest BCUT2D eigenvalue weighted by Gasteiger charge is -2.30. The van der Waals surface area contributed by atoms with Gasteiger partial charge in [-0.1, -0.05) is 65.1 Å². The molecule has 0 radical (unpaired) electrons. The van der Waals surface area contributed by atoms with Gasteiger partial charge in [0.2, 0.25) is 3.79 Å². The first-order valence-corrected chi connectivity index (χ1v) is 7.86. The molecule has 1 unspecified atom stereocenters. The summed E-state index contributed by atoms with van der Waals surface area (Å²) in [5, 5.41) is 3.34. The van der Waals surface area contributed by atoms with Crippen LogP contribution in [0.5, 0.6) is 0 Å². The van der Waals surface area contributed by atoms with E-state index in [1.165, 1.54) is 0 Å². The van der Waals surface area contributed by atoms with E-state index in [2.05, 4.69) is 10.2 Å². The Morgan fingerprint density at radius 1 is 1.15 bits per heavy atom. The van der Waals surface area contributed by atoms with E-state index in [-0.39, 0.29) is 6.04 Å². The molecule has 0 saturated carbocycles. The van der Waals surface area contributed by atoms with Gasteiger partial charge in [-0.2, -0.15) is 0 Å². The topological polar surface area (TPSA) is 24.5 Å². The number of ether oxygens (including phenoxy) is 1. The van der Waals surface area contributed by atoms with Crippen LogP contribution in [0.15, 0.2) is 30.3 Å². The summed E-state index contributed by atoms with van der Waals surface area (Å²) < 4.78 is 3.96. The molecule has 1 saturated heterocycles. The number of benzene rings is 1. The molecule has 0 amide bonds. The van der Waals surface area contributed by atoms with E-state index < -0.39 is 3.79 Å². The van der Waals surface area contributed by atoms with E-state index in [0.29, 0.717) is 0 Å². The van der Waals surface area contributed by atoms with Crippen LogP contribution in [-0.2, 0) is 4.74 Å². The second kappa shape index (κ2) is 7.83. The lowest BCUT2D eigenvalue weighted by atomic mass is 10.1. The first-order valence-electron chi connectivity index (χ1n) is 6.72. The molecule has 20 heavy (non-hydrogen) atoms. The number of nitrogens with one attached hydrogen (secondary N) is 1. The van der Waals surface area contributed by atoms with Crippen molar-refractivity contribution < 1.29 is 4.74 Å². The fraction of sp³-hybridized carbons (Fsp3) is 0.571. The van der Waals surface area contributed by atoms with Gasteiger partial charge >= 0.3 is 0 Å². The molecule has 1 N–H and O–H groups in total. The minimum atomic E-state index is -1.37. The Kier molecular flexibility index (Phi) is 6.40. The lowest BCUT2D eigenvalue weighted by Crippen LogP contribution is -2.42. The largest absolute Gasteiger partial charge is 0.379 e. The third kappa shape index (κ3) is 5.06. The number of rotatable bonds is 5. The van der Waals surface area contributed by atoms with Crippen LogP contribution in [0.3, 0.4) is 0 Å². The van der Waals surface area contributed by atoms with E-state index in [1.807, 2.05) is 30.3 Å². The van der Waals surface area contributed by atoms with Crippen LogP contribution < -0.4 is 5.32 Å². The van der Waals surface area contributed by atoms with Gasteiger partial charge in [0, 0.05) is 26.2 Å². The smallest absolute Gasteiger partial charge is 0.209 e. The predicted octanol–water partition coefficient (Wildman–Crippen LogP) is 3.02. The summed E-state index contributed by atoms with van der Waals surface area (Å²) in [7, 11) is 0. The summed E-state index contributed by atoms with van der Waals surface area (Å²) in [6, 6.07) is 9.47. The molecule has 1 aliphatic heterocycles. The molecule has 1 heterocycles. The number of morpholine rings is 1. The Balaban J connectivity index is 1.88. The van der Waals surface area contributed by atoms with Gasteiger partial charge in [0.1, 0.15) is 0 Å². The number of hydrogen-bond acceptors (Lipinski definition) is 3. The molecule has 1 aromatic rings. The van der Waals surface area contributed by atoms with Crippen molar-refractivity contribution in [3.63, 3.8) is 0 Å². The second-order valence-corrected chi connectivity index (χ2v) is 7.16. The van der Waals surface area contributed by atoms with Crippen LogP contribution in [-0.4, -0.2) is 48.1 Å². The molecule has 0 aromatic heterocycles. The first kappa shape index (κ1) is 16.3. The Morgan fingerprint density at radius 3 is 2.40 bits per heavy atom. The van der Waals surface area contributed by atoms with Gasteiger partial charge in [-0.15, -0.1) is 0 Å². The highest BCUT2D eigenvalue weighted by Gasteiger charge is 2.33. The zero-order valence-corrected chi connectivity index (χ0v) is 13.5. The van der Waals surface area contributed by atoms with Crippen LogP contribution in [0.1, 0.15) is 11.6 Å². The molecule has 1 fully saturated rings. The van der Waals surface area contributed by atoms with E-state index in [1.54, 1.807) is 0 Å². The second-order valence-electron chi connectivity index (χ2n) is 4.79. The van der Waals surface area contributed by atoms with Gasteiger partial charge < -0.3 is 10.1 Å². The number of halogens is 3. The van der Waals surface area contributed by atoms with E-state index in [4.69, 9.17) is 39.5 Å². The minimum Gasteiger partial charge on any atom is -0.379 e. The number of alkyl halides is 3. The van der Waals surface area contributed by atoms with Crippen molar-refractivity contribution in [1.82, 2.24) is 10.2 Å². The molecule has 1 atom stereocenters. The van der Waals surface area contributed by atoms with Crippen molar-refractivity contribution in [2.45, 2.75) is 9.83 Å². The Hall–Kier alpha value is -0.0300. The van der Waals surface area contributed by atoms with Gasteiger partial charge in [-0.25, -0.2) is 0 Å². The van der Waals surface area contributed by atoms with Crippen molar-refractivity contribution >= 4 is 34.8 Å². The van der Waals surface area contributed by atoms with Gasteiger partial charge in [0.25, 0.3) is 0 Å². The maximum atomic E-state index is 6.09. The SMILES string of the molecule is ClC(Cl)(Cl)C(NCCN1CCOCC1)c1ccccc1. The highest BCUT2D eigenvalue weighted by molar-refractivity contribution is 6.68. The van der Waals surface area contributed by atoms with Gasteiger partial charge in [-0.05, 0) is 5.56 Å². The zero-order chi connectivity index (χ0) is 14.4. The Morgan fingerprint density at radius 2 is 1.80 bits per heavy atom. The van der Waals surface area contributed by atoms with Gasteiger partial charge in [0.05, 0.1) is 19.3 Å². The molecule has 0 spiro atoms. The summed E-state index contributed by atoms with van der Waals surface area (Å²) in [5.41, 5.74) is 0.981. The molecule has 1 aromatic carbocycles. The van der Waals surface area contributed by atoms with Crippen LogP contribution in [0.25, 0.3) is 0 Å². The molecule has 2 rings (SSSR count). The van der Waals surface area contributed by atoms with Crippen LogP contribution >= 0.6 is 34.8 Å². The molecule has 1 aliphatic rings. The molecule has 6 heteroatoms. The van der Waals surface area contributed by atoms with Crippen LogP contribution in [0.2, 0.25) is 0 Å². The van der Waals surface area contributed by atoms with Crippen molar-refractivity contribution in [2.24, 2.45) is 0 Å². The number of nitrogens with zero attached hydrogens (tertiary/aromatic N) is 1. The summed E-state index contributed by atoms with van der Waals surface area (Å²) in [5.74, 6) is 0.